The summed E-state index contributed by atoms with van der Waals surface area (Å²) in [5, 5.41) is 0.747. The van der Waals surface area contributed by atoms with Crippen molar-refractivity contribution in [3.05, 3.63) is 42.2 Å². The molecular formula is C12H13N3OS. The van der Waals surface area contributed by atoms with Crippen LogP contribution in [0.25, 0.3) is 0 Å². The molecule has 17 heavy (non-hydrogen) atoms. The Labute approximate surface area is 104 Å². The highest BCUT2D eigenvalue weighted by molar-refractivity contribution is 7.98. The molecule has 1 aromatic carbocycles. The first-order valence-corrected chi connectivity index (χ1v) is 6.10. The zero-order valence-electron chi connectivity index (χ0n) is 9.46. The zero-order valence-corrected chi connectivity index (χ0v) is 10.3. The van der Waals surface area contributed by atoms with Crippen LogP contribution in [0.5, 0.6) is 5.75 Å². The normalized spacial score (nSPS) is 10.2. The number of methoxy groups -OCH3 is 1. The van der Waals surface area contributed by atoms with Crippen LogP contribution >= 0.6 is 11.8 Å². The van der Waals surface area contributed by atoms with Crippen LogP contribution in [0.4, 0.5) is 5.69 Å². The van der Waals surface area contributed by atoms with Crippen molar-refractivity contribution in [1.29, 1.82) is 0 Å². The van der Waals surface area contributed by atoms with Crippen LogP contribution in [-0.2, 0) is 5.75 Å². The predicted octanol–water partition coefficient (Wildman–Crippen LogP) is 2.36. The number of aromatic nitrogens is 2. The molecule has 0 aliphatic rings. The topological polar surface area (TPSA) is 61.0 Å². The van der Waals surface area contributed by atoms with Crippen molar-refractivity contribution in [2.45, 2.75) is 10.9 Å². The number of nitrogens with two attached hydrogens (primary N) is 1. The second-order valence-corrected chi connectivity index (χ2v) is 4.33. The maximum Gasteiger partial charge on any atom is 0.187 e. The molecule has 0 bridgehead atoms. The molecule has 0 atom stereocenters. The molecule has 88 valence electrons. The number of nitrogen functional groups attached to an aromatic ring is 1. The van der Waals surface area contributed by atoms with Gasteiger partial charge in [-0.25, -0.2) is 9.97 Å². The van der Waals surface area contributed by atoms with Crippen LogP contribution in [0.3, 0.4) is 0 Å². The predicted molar refractivity (Wildman–Crippen MR) is 69.0 cm³/mol. The van der Waals surface area contributed by atoms with E-state index in [0.717, 1.165) is 27.9 Å². The third kappa shape index (κ3) is 3.10. The summed E-state index contributed by atoms with van der Waals surface area (Å²) < 4.78 is 5.28. The summed E-state index contributed by atoms with van der Waals surface area (Å²) in [5.41, 5.74) is 7.53. The number of thioether (sulfide) groups is 1. The molecule has 1 aromatic heterocycles. The monoisotopic (exact) mass is 247 g/mol. The van der Waals surface area contributed by atoms with Crippen molar-refractivity contribution in [1.82, 2.24) is 9.97 Å². The number of rotatable bonds is 4. The van der Waals surface area contributed by atoms with Gasteiger partial charge < -0.3 is 10.5 Å². The average Bonchev–Trinajstić information content (AvgIpc) is 2.38. The Morgan fingerprint density at radius 1 is 1.29 bits per heavy atom. The summed E-state index contributed by atoms with van der Waals surface area (Å²) in [6.45, 7) is 0. The van der Waals surface area contributed by atoms with Crippen molar-refractivity contribution >= 4 is 17.4 Å². The minimum Gasteiger partial charge on any atom is -0.496 e. The molecule has 0 radical (unpaired) electrons. The lowest BCUT2D eigenvalue weighted by atomic mass is 10.2. The molecule has 4 nitrogen and oxygen atoms in total. The van der Waals surface area contributed by atoms with Gasteiger partial charge in [0.25, 0.3) is 0 Å². The lowest BCUT2D eigenvalue weighted by Crippen LogP contribution is -1.94. The summed E-state index contributed by atoms with van der Waals surface area (Å²) in [4.78, 5) is 8.30. The Morgan fingerprint density at radius 2 is 2.06 bits per heavy atom. The van der Waals surface area contributed by atoms with E-state index in [1.54, 1.807) is 37.3 Å². The van der Waals surface area contributed by atoms with Gasteiger partial charge in [-0.1, -0.05) is 11.8 Å². The highest BCUT2D eigenvalue weighted by atomic mass is 32.2. The molecule has 2 aromatic rings. The van der Waals surface area contributed by atoms with E-state index in [1.807, 2.05) is 18.2 Å². The number of anilines is 1. The molecular weight excluding hydrogens is 234 g/mol. The van der Waals surface area contributed by atoms with Gasteiger partial charge in [0.1, 0.15) is 5.75 Å². The minimum absolute atomic E-state index is 0.732. The van der Waals surface area contributed by atoms with Crippen molar-refractivity contribution in [2.24, 2.45) is 0 Å². The maximum atomic E-state index is 5.76. The fourth-order valence-electron chi connectivity index (χ4n) is 1.41. The van der Waals surface area contributed by atoms with Crippen LogP contribution in [0.2, 0.25) is 0 Å². The van der Waals surface area contributed by atoms with Gasteiger partial charge >= 0.3 is 0 Å². The van der Waals surface area contributed by atoms with Crippen LogP contribution in [0.1, 0.15) is 5.56 Å². The van der Waals surface area contributed by atoms with Gasteiger partial charge in [0.2, 0.25) is 0 Å². The Morgan fingerprint density at radius 3 is 2.76 bits per heavy atom. The summed E-state index contributed by atoms with van der Waals surface area (Å²) in [7, 11) is 1.65. The molecule has 0 aliphatic heterocycles. The van der Waals surface area contributed by atoms with E-state index in [2.05, 4.69) is 9.97 Å². The highest BCUT2D eigenvalue weighted by Gasteiger charge is 2.05. The average molecular weight is 247 g/mol. The Kier molecular flexibility index (Phi) is 3.82. The van der Waals surface area contributed by atoms with Gasteiger partial charge in [-0.2, -0.15) is 0 Å². The zero-order chi connectivity index (χ0) is 12.1. The quantitative estimate of drug-likeness (QED) is 0.510. The third-order valence-corrected chi connectivity index (χ3v) is 3.13. The number of ether oxygens (including phenoxy) is 1. The van der Waals surface area contributed by atoms with E-state index in [1.165, 1.54) is 0 Å². The van der Waals surface area contributed by atoms with Gasteiger partial charge in [-0.3, -0.25) is 0 Å². The van der Waals surface area contributed by atoms with Gasteiger partial charge in [0, 0.05) is 29.4 Å². The molecule has 0 amide bonds. The second kappa shape index (κ2) is 5.54. The fourth-order valence-corrected chi connectivity index (χ4v) is 2.19. The van der Waals surface area contributed by atoms with Crippen molar-refractivity contribution in [3.8, 4) is 5.75 Å². The SMILES string of the molecule is COc1ccc(N)cc1CSc1ncccn1. The highest BCUT2D eigenvalue weighted by Crippen LogP contribution is 2.27. The molecule has 0 saturated heterocycles. The van der Waals surface area contributed by atoms with Gasteiger partial charge in [0.15, 0.2) is 5.16 Å². The van der Waals surface area contributed by atoms with Crippen LogP contribution in [-0.4, -0.2) is 17.1 Å². The number of hydrogen-bond acceptors (Lipinski definition) is 5. The lowest BCUT2D eigenvalue weighted by Gasteiger charge is -2.08. The second-order valence-electron chi connectivity index (χ2n) is 3.39. The van der Waals surface area contributed by atoms with Crippen molar-refractivity contribution < 1.29 is 4.74 Å². The van der Waals surface area contributed by atoms with Crippen LogP contribution in [0.15, 0.2) is 41.8 Å². The molecule has 2 N–H and O–H groups in total. The van der Waals surface area contributed by atoms with Gasteiger partial charge in [-0.05, 0) is 24.3 Å². The van der Waals surface area contributed by atoms with E-state index < -0.39 is 0 Å². The fraction of sp³-hybridized carbons (Fsp3) is 0.167. The minimum atomic E-state index is 0.732. The van der Waals surface area contributed by atoms with Crippen molar-refractivity contribution in [2.75, 3.05) is 12.8 Å². The van der Waals surface area contributed by atoms with E-state index >= 15 is 0 Å². The summed E-state index contributed by atoms with van der Waals surface area (Å²) in [5.74, 6) is 1.57. The van der Waals surface area contributed by atoms with E-state index in [4.69, 9.17) is 10.5 Å². The Hall–Kier alpha value is -1.75. The molecule has 0 spiro atoms. The molecule has 1 heterocycles. The van der Waals surface area contributed by atoms with Gasteiger partial charge in [-0.15, -0.1) is 0 Å². The maximum absolute atomic E-state index is 5.76. The molecule has 2 rings (SSSR count). The molecule has 0 saturated carbocycles. The van der Waals surface area contributed by atoms with Crippen molar-refractivity contribution in [3.63, 3.8) is 0 Å². The van der Waals surface area contributed by atoms with Crippen LogP contribution < -0.4 is 10.5 Å². The summed E-state index contributed by atoms with van der Waals surface area (Å²) in [6.07, 6.45) is 3.46. The standard InChI is InChI=1S/C12H13N3OS/c1-16-11-4-3-10(13)7-9(11)8-17-12-14-5-2-6-15-12/h2-7H,8,13H2,1H3. The molecule has 5 heteroatoms. The largest absolute Gasteiger partial charge is 0.496 e. The Bertz CT molecular complexity index is 490. The summed E-state index contributed by atoms with van der Waals surface area (Å²) in [6, 6.07) is 7.41. The molecule has 0 unspecified atom stereocenters. The first kappa shape index (κ1) is 11.7. The lowest BCUT2D eigenvalue weighted by molar-refractivity contribution is 0.411. The Balaban J connectivity index is 2.11. The number of nitrogens with zero attached hydrogens (tertiary/aromatic N) is 2. The molecule has 0 fully saturated rings. The number of benzene rings is 1. The van der Waals surface area contributed by atoms with Crippen LogP contribution in [0, 0.1) is 0 Å². The molecule has 0 aliphatic carbocycles. The van der Waals surface area contributed by atoms with E-state index in [9.17, 15) is 0 Å². The summed E-state index contributed by atoms with van der Waals surface area (Å²) >= 11 is 1.55. The number of hydrogen-bond donors (Lipinski definition) is 1. The van der Waals surface area contributed by atoms with Gasteiger partial charge in [0.05, 0.1) is 7.11 Å². The smallest absolute Gasteiger partial charge is 0.187 e. The third-order valence-electron chi connectivity index (χ3n) is 2.20. The van der Waals surface area contributed by atoms with E-state index in [0.29, 0.717) is 0 Å². The first-order valence-electron chi connectivity index (χ1n) is 5.12. The first-order chi connectivity index (χ1) is 8.29. The van der Waals surface area contributed by atoms with E-state index in [-0.39, 0.29) is 0 Å².